The number of benzene rings is 1. The first-order valence-electron chi connectivity index (χ1n) is 6.49. The molecule has 2 N–H and O–H groups in total. The second-order valence-electron chi connectivity index (χ2n) is 5.06. The minimum Gasteiger partial charge on any atom is -0.393 e. The summed E-state index contributed by atoms with van der Waals surface area (Å²) in [6.07, 6.45) is 0.854. The van der Waals surface area contributed by atoms with E-state index in [0.29, 0.717) is 47.0 Å². The molecule has 106 valence electrons. The average Bonchev–Trinajstić information content (AvgIpc) is 2.83. The predicted octanol–water partition coefficient (Wildman–Crippen LogP) is 2.67. The lowest BCUT2D eigenvalue weighted by molar-refractivity contribution is 0.0542. The number of aromatic amines is 1. The van der Waals surface area contributed by atoms with Crippen LogP contribution in [0.1, 0.15) is 23.3 Å². The summed E-state index contributed by atoms with van der Waals surface area (Å²) in [6, 6.07) is 4.67. The minimum atomic E-state index is -0.362. The molecule has 1 fully saturated rings. The third-order valence-electron chi connectivity index (χ3n) is 3.63. The number of aliphatic hydroxyl groups excluding tert-OH is 1. The number of H-pyrrole nitrogens is 1. The number of hydrogen-bond donors (Lipinski definition) is 2. The van der Waals surface area contributed by atoms with Crippen LogP contribution in [0.15, 0.2) is 22.7 Å². The Labute approximate surface area is 123 Å². The Morgan fingerprint density at radius 2 is 2.05 bits per heavy atom. The highest BCUT2D eigenvalue weighted by molar-refractivity contribution is 9.10. The molecule has 0 aliphatic carbocycles. The Bertz CT molecular complexity index is 662. The average molecular weight is 341 g/mol. The topological polar surface area (TPSA) is 56.3 Å². The summed E-state index contributed by atoms with van der Waals surface area (Å²) in [4.78, 5) is 17.0. The number of aromatic nitrogens is 1. The number of nitrogens with zero attached hydrogens (tertiary/aromatic N) is 1. The number of hydrogen-bond acceptors (Lipinski definition) is 2. The van der Waals surface area contributed by atoms with Crippen molar-refractivity contribution in [1.82, 2.24) is 9.88 Å². The first-order valence-corrected chi connectivity index (χ1v) is 7.29. The lowest BCUT2D eigenvalue weighted by Crippen LogP contribution is -2.40. The van der Waals surface area contributed by atoms with Gasteiger partial charge in [0.25, 0.3) is 5.91 Å². The van der Waals surface area contributed by atoms with Gasteiger partial charge in [0.05, 0.1) is 11.6 Å². The van der Waals surface area contributed by atoms with Crippen molar-refractivity contribution >= 4 is 32.7 Å². The molecule has 4 nitrogen and oxygen atoms in total. The lowest BCUT2D eigenvalue weighted by Gasteiger charge is -2.29. The molecule has 2 aromatic rings. The van der Waals surface area contributed by atoms with Crippen LogP contribution in [0.4, 0.5) is 4.39 Å². The summed E-state index contributed by atoms with van der Waals surface area (Å²) in [5, 5.41) is 9.87. The number of piperidine rings is 1. The molecule has 0 bridgehead atoms. The number of fused-ring (bicyclic) bond motifs is 1. The number of aliphatic hydroxyl groups is 1. The summed E-state index contributed by atoms with van der Waals surface area (Å²) in [6.45, 7) is 1.06. The monoisotopic (exact) mass is 340 g/mol. The summed E-state index contributed by atoms with van der Waals surface area (Å²) >= 11 is 3.23. The fourth-order valence-electron chi connectivity index (χ4n) is 2.51. The fraction of sp³-hybridized carbons (Fsp3) is 0.357. The summed E-state index contributed by atoms with van der Waals surface area (Å²) in [7, 11) is 0. The van der Waals surface area contributed by atoms with E-state index < -0.39 is 0 Å². The van der Waals surface area contributed by atoms with Crippen molar-refractivity contribution in [1.29, 1.82) is 0 Å². The number of amides is 1. The molecule has 0 unspecified atom stereocenters. The van der Waals surface area contributed by atoms with E-state index in [1.165, 1.54) is 6.07 Å². The van der Waals surface area contributed by atoms with Crippen LogP contribution in [0.25, 0.3) is 10.9 Å². The van der Waals surface area contributed by atoms with Gasteiger partial charge >= 0.3 is 0 Å². The van der Waals surface area contributed by atoms with E-state index in [1.807, 2.05) is 0 Å². The SMILES string of the molecule is O=C(c1cc2c(F)cc(Br)cc2[nH]1)N1CCC(O)CC1. The maximum atomic E-state index is 13.8. The van der Waals surface area contributed by atoms with Crippen LogP contribution >= 0.6 is 15.9 Å². The third-order valence-corrected chi connectivity index (χ3v) is 4.09. The van der Waals surface area contributed by atoms with E-state index in [-0.39, 0.29) is 17.8 Å². The molecule has 0 atom stereocenters. The van der Waals surface area contributed by atoms with E-state index in [2.05, 4.69) is 20.9 Å². The molecule has 0 spiro atoms. The van der Waals surface area contributed by atoms with Crippen molar-refractivity contribution in [2.45, 2.75) is 18.9 Å². The molecule has 2 heterocycles. The molecule has 0 saturated carbocycles. The molecule has 1 aromatic heterocycles. The van der Waals surface area contributed by atoms with Crippen molar-refractivity contribution in [3.63, 3.8) is 0 Å². The van der Waals surface area contributed by atoms with Crippen LogP contribution in [-0.4, -0.2) is 40.1 Å². The fourth-order valence-corrected chi connectivity index (χ4v) is 2.94. The molecular formula is C14H14BrFN2O2. The first kappa shape index (κ1) is 13.6. The Balaban J connectivity index is 1.90. The number of rotatable bonds is 1. The van der Waals surface area contributed by atoms with E-state index in [0.717, 1.165) is 0 Å². The molecule has 0 radical (unpaired) electrons. The molecule has 1 saturated heterocycles. The molecule has 1 aromatic carbocycles. The summed E-state index contributed by atoms with van der Waals surface area (Å²) in [5.74, 6) is -0.512. The van der Waals surface area contributed by atoms with Crippen molar-refractivity contribution in [3.05, 3.63) is 34.2 Å². The highest BCUT2D eigenvalue weighted by Gasteiger charge is 2.23. The van der Waals surface area contributed by atoms with E-state index in [4.69, 9.17) is 0 Å². The molecule has 1 aliphatic heterocycles. The Morgan fingerprint density at radius 3 is 2.75 bits per heavy atom. The van der Waals surface area contributed by atoms with Gasteiger partial charge in [0, 0.05) is 22.9 Å². The van der Waals surface area contributed by atoms with Crippen LogP contribution in [-0.2, 0) is 0 Å². The Hall–Kier alpha value is -1.40. The normalized spacial score (nSPS) is 16.9. The maximum Gasteiger partial charge on any atom is 0.270 e. The van der Waals surface area contributed by atoms with Crippen LogP contribution in [0.5, 0.6) is 0 Å². The smallest absolute Gasteiger partial charge is 0.270 e. The minimum absolute atomic E-state index is 0.149. The van der Waals surface area contributed by atoms with Gasteiger partial charge in [-0.15, -0.1) is 0 Å². The van der Waals surface area contributed by atoms with Crippen molar-refractivity contribution in [3.8, 4) is 0 Å². The van der Waals surface area contributed by atoms with Gasteiger partial charge in [0.2, 0.25) is 0 Å². The van der Waals surface area contributed by atoms with Gasteiger partial charge in [-0.2, -0.15) is 0 Å². The second-order valence-corrected chi connectivity index (χ2v) is 5.97. The number of nitrogens with one attached hydrogen (secondary N) is 1. The van der Waals surface area contributed by atoms with Gasteiger partial charge in [0.1, 0.15) is 11.5 Å². The van der Waals surface area contributed by atoms with Crippen LogP contribution in [0.2, 0.25) is 0 Å². The predicted molar refractivity (Wildman–Crippen MR) is 77.1 cm³/mol. The number of halogens is 2. The van der Waals surface area contributed by atoms with E-state index in [9.17, 15) is 14.3 Å². The molecule has 1 aliphatic rings. The quantitative estimate of drug-likeness (QED) is 0.838. The Kier molecular flexibility index (Phi) is 3.52. The Morgan fingerprint density at radius 1 is 1.35 bits per heavy atom. The third kappa shape index (κ3) is 2.45. The summed E-state index contributed by atoms with van der Waals surface area (Å²) in [5.41, 5.74) is 0.977. The number of likely N-dealkylation sites (tertiary alicyclic amines) is 1. The summed E-state index contributed by atoms with van der Waals surface area (Å²) < 4.78 is 14.4. The zero-order valence-electron chi connectivity index (χ0n) is 10.7. The van der Waals surface area contributed by atoms with Gasteiger partial charge in [-0.25, -0.2) is 4.39 Å². The first-order chi connectivity index (χ1) is 9.54. The van der Waals surface area contributed by atoms with Crippen molar-refractivity contribution in [2.24, 2.45) is 0 Å². The lowest BCUT2D eigenvalue weighted by atomic mass is 10.1. The largest absolute Gasteiger partial charge is 0.393 e. The zero-order chi connectivity index (χ0) is 14.3. The number of carbonyl (C=O) groups excluding carboxylic acids is 1. The second kappa shape index (κ2) is 5.18. The van der Waals surface area contributed by atoms with Crippen LogP contribution < -0.4 is 0 Å². The zero-order valence-corrected chi connectivity index (χ0v) is 12.3. The highest BCUT2D eigenvalue weighted by atomic mass is 79.9. The molecule has 3 rings (SSSR count). The molecular weight excluding hydrogens is 327 g/mol. The standard InChI is InChI=1S/C14H14BrFN2O2/c15-8-5-11(16)10-7-13(17-12(10)6-8)14(20)18-3-1-9(19)2-4-18/h5-7,9,17,19H,1-4H2. The van der Waals surface area contributed by atoms with Crippen LogP contribution in [0, 0.1) is 5.82 Å². The van der Waals surface area contributed by atoms with Gasteiger partial charge in [-0.3, -0.25) is 4.79 Å². The van der Waals surface area contributed by atoms with Gasteiger partial charge in [-0.05, 0) is 31.0 Å². The van der Waals surface area contributed by atoms with Crippen molar-refractivity contribution < 1.29 is 14.3 Å². The maximum absolute atomic E-state index is 13.8. The number of carbonyl (C=O) groups is 1. The highest BCUT2D eigenvalue weighted by Crippen LogP contribution is 2.25. The van der Waals surface area contributed by atoms with Gasteiger partial charge in [-0.1, -0.05) is 15.9 Å². The molecule has 20 heavy (non-hydrogen) atoms. The van der Waals surface area contributed by atoms with E-state index >= 15 is 0 Å². The van der Waals surface area contributed by atoms with E-state index in [1.54, 1.807) is 17.0 Å². The molecule has 1 amide bonds. The van der Waals surface area contributed by atoms with Gasteiger partial charge in [0.15, 0.2) is 0 Å². The van der Waals surface area contributed by atoms with Crippen molar-refractivity contribution in [2.75, 3.05) is 13.1 Å². The van der Waals surface area contributed by atoms with Gasteiger partial charge < -0.3 is 15.0 Å². The molecule has 6 heteroatoms. The van der Waals surface area contributed by atoms with Crippen LogP contribution in [0.3, 0.4) is 0 Å².